The highest BCUT2D eigenvalue weighted by Gasteiger charge is 2.26. The van der Waals surface area contributed by atoms with Gasteiger partial charge in [-0.2, -0.15) is 0 Å². The van der Waals surface area contributed by atoms with Crippen LogP contribution in [0.25, 0.3) is 0 Å². The van der Waals surface area contributed by atoms with Crippen LogP contribution in [0, 0.1) is 0 Å². The van der Waals surface area contributed by atoms with Crippen LogP contribution >= 0.6 is 0 Å². The number of carbonyl (C=O) groups is 1. The van der Waals surface area contributed by atoms with Crippen LogP contribution in [0.15, 0.2) is 24.3 Å². The topological polar surface area (TPSA) is 89.8 Å². The molecule has 0 spiro atoms. The number of aliphatic hydroxyl groups excluding tert-OH is 3. The third-order valence-electron chi connectivity index (χ3n) is 10.0. The van der Waals surface area contributed by atoms with Crippen LogP contribution < -0.4 is 5.32 Å². The molecule has 0 heterocycles. The number of hydrogen-bond donors (Lipinski definition) is 4. The summed E-state index contributed by atoms with van der Waals surface area (Å²) in [6.07, 6.45) is 47.5. The molecule has 5 heteroatoms. The number of amides is 1. The van der Waals surface area contributed by atoms with Crippen molar-refractivity contribution in [3.05, 3.63) is 24.3 Å². The van der Waals surface area contributed by atoms with E-state index in [2.05, 4.69) is 43.5 Å². The molecule has 1 amide bonds. The first-order chi connectivity index (χ1) is 24.1. The number of unbranched alkanes of at least 4 members (excludes halogenated alkanes) is 27. The second-order valence-corrected chi connectivity index (χ2v) is 14.9. The Hall–Kier alpha value is -1.17. The van der Waals surface area contributed by atoms with Crippen molar-refractivity contribution in [2.24, 2.45) is 0 Å². The van der Waals surface area contributed by atoms with Crippen LogP contribution in [0.5, 0.6) is 0 Å². The molecule has 0 saturated carbocycles. The van der Waals surface area contributed by atoms with Gasteiger partial charge in [-0.05, 0) is 64.2 Å². The van der Waals surface area contributed by atoms with E-state index < -0.39 is 18.2 Å². The average Bonchev–Trinajstić information content (AvgIpc) is 3.11. The molecule has 4 N–H and O–H groups in total. The molecule has 0 aliphatic carbocycles. The number of carbonyl (C=O) groups excluding carboxylic acids is 1. The second kappa shape index (κ2) is 39.6. The summed E-state index contributed by atoms with van der Waals surface area (Å²) in [7, 11) is 0. The lowest BCUT2D eigenvalue weighted by Crippen LogP contribution is -2.50. The minimum Gasteiger partial charge on any atom is -0.394 e. The first kappa shape index (κ1) is 47.8. The fourth-order valence-corrected chi connectivity index (χ4v) is 6.63. The van der Waals surface area contributed by atoms with E-state index in [9.17, 15) is 20.1 Å². The zero-order chi connectivity index (χ0) is 35.9. The molecule has 49 heavy (non-hydrogen) atoms. The van der Waals surface area contributed by atoms with Crippen LogP contribution in [-0.4, -0.2) is 46.1 Å². The number of rotatable bonds is 39. The van der Waals surface area contributed by atoms with E-state index in [1.165, 1.54) is 161 Å². The molecule has 0 aliphatic heterocycles. The second-order valence-electron chi connectivity index (χ2n) is 14.9. The molecule has 5 nitrogen and oxygen atoms in total. The van der Waals surface area contributed by atoms with Crippen molar-refractivity contribution in [2.45, 2.75) is 244 Å². The number of allylic oxidation sites excluding steroid dienone is 4. The van der Waals surface area contributed by atoms with E-state index in [-0.39, 0.29) is 12.5 Å². The van der Waals surface area contributed by atoms with Crippen molar-refractivity contribution in [3.8, 4) is 0 Å². The smallest absolute Gasteiger partial charge is 0.220 e. The number of nitrogens with one attached hydrogen (secondary N) is 1. The van der Waals surface area contributed by atoms with E-state index in [4.69, 9.17) is 0 Å². The van der Waals surface area contributed by atoms with Gasteiger partial charge in [0, 0.05) is 6.42 Å². The first-order valence-electron chi connectivity index (χ1n) is 21.6. The minimum atomic E-state index is -1.15. The SMILES string of the molecule is CCCCC/C=C/CCCC(O)C(O)C(CO)NC(=O)CCCCCCCCCCCCC/C=C\CCCCCCCCCCCCCC. The Morgan fingerprint density at radius 1 is 0.490 bits per heavy atom. The molecule has 0 aromatic carbocycles. The maximum atomic E-state index is 12.4. The summed E-state index contributed by atoms with van der Waals surface area (Å²) in [6.45, 7) is 4.11. The van der Waals surface area contributed by atoms with Crippen LogP contribution in [0.4, 0.5) is 0 Å². The molecule has 0 saturated heterocycles. The number of hydrogen-bond acceptors (Lipinski definition) is 4. The maximum Gasteiger partial charge on any atom is 0.220 e. The van der Waals surface area contributed by atoms with Crippen molar-refractivity contribution < 1.29 is 20.1 Å². The van der Waals surface area contributed by atoms with Crippen molar-refractivity contribution in [1.29, 1.82) is 0 Å². The quantitative estimate of drug-likeness (QED) is 0.0381. The Labute approximate surface area is 305 Å². The van der Waals surface area contributed by atoms with E-state index in [0.29, 0.717) is 12.8 Å². The van der Waals surface area contributed by atoms with Gasteiger partial charge in [-0.25, -0.2) is 0 Å². The Kier molecular flexibility index (Phi) is 38.7. The third-order valence-corrected chi connectivity index (χ3v) is 10.0. The molecule has 290 valence electrons. The zero-order valence-corrected chi connectivity index (χ0v) is 32.8. The third kappa shape index (κ3) is 35.0. The molecule has 0 aromatic rings. The fourth-order valence-electron chi connectivity index (χ4n) is 6.63. The van der Waals surface area contributed by atoms with Crippen molar-refractivity contribution in [3.63, 3.8) is 0 Å². The van der Waals surface area contributed by atoms with Gasteiger partial charge in [0.2, 0.25) is 5.91 Å². The molecular weight excluding hydrogens is 606 g/mol. The normalized spacial score (nSPS) is 13.8. The summed E-state index contributed by atoms with van der Waals surface area (Å²) in [4.78, 5) is 12.4. The minimum absolute atomic E-state index is 0.157. The highest BCUT2D eigenvalue weighted by Crippen LogP contribution is 2.15. The maximum absolute atomic E-state index is 12.4. The monoisotopic (exact) mass is 692 g/mol. The molecule has 0 aromatic heterocycles. The predicted molar refractivity (Wildman–Crippen MR) is 213 cm³/mol. The first-order valence-corrected chi connectivity index (χ1v) is 21.6. The summed E-state index contributed by atoms with van der Waals surface area (Å²) in [5, 5.41) is 33.2. The summed E-state index contributed by atoms with van der Waals surface area (Å²) >= 11 is 0. The molecule has 0 rings (SSSR count). The molecule has 0 aliphatic rings. The Morgan fingerprint density at radius 2 is 0.816 bits per heavy atom. The Morgan fingerprint density at radius 3 is 1.22 bits per heavy atom. The molecule has 0 radical (unpaired) electrons. The van der Waals surface area contributed by atoms with Gasteiger partial charge in [-0.1, -0.05) is 179 Å². The molecule has 0 fully saturated rings. The number of aliphatic hydroxyl groups is 3. The van der Waals surface area contributed by atoms with Gasteiger partial charge in [0.15, 0.2) is 0 Å². The lowest BCUT2D eigenvalue weighted by molar-refractivity contribution is -0.124. The highest BCUT2D eigenvalue weighted by molar-refractivity contribution is 5.76. The predicted octanol–water partition coefficient (Wildman–Crippen LogP) is 12.2. The molecule has 0 bridgehead atoms. The van der Waals surface area contributed by atoms with Crippen LogP contribution in [0.2, 0.25) is 0 Å². The van der Waals surface area contributed by atoms with Crippen molar-refractivity contribution in [1.82, 2.24) is 5.32 Å². The van der Waals surface area contributed by atoms with Crippen molar-refractivity contribution in [2.75, 3.05) is 6.61 Å². The van der Waals surface area contributed by atoms with E-state index in [1.54, 1.807) is 0 Å². The standard InChI is InChI=1S/C44H85NO4/c1-3-5-7-9-11-13-14-15-16-17-18-19-20-21-22-23-24-25-26-27-28-29-30-31-33-35-37-39-43(48)45-41(40-46)44(49)42(47)38-36-34-32-12-10-8-6-4-2/h12,21-22,32,41-42,44,46-47,49H,3-11,13-20,23-31,33-40H2,1-2H3,(H,45,48)/b22-21-,32-12+. The van der Waals surface area contributed by atoms with Gasteiger partial charge in [0.1, 0.15) is 6.10 Å². The van der Waals surface area contributed by atoms with E-state index >= 15 is 0 Å². The summed E-state index contributed by atoms with van der Waals surface area (Å²) in [6, 6.07) is -0.822. The van der Waals surface area contributed by atoms with Gasteiger partial charge in [0.05, 0.1) is 18.8 Å². The lowest BCUT2D eigenvalue weighted by Gasteiger charge is -2.26. The average molecular weight is 692 g/mol. The molecule has 3 unspecified atom stereocenters. The van der Waals surface area contributed by atoms with Gasteiger partial charge >= 0.3 is 0 Å². The molecule has 3 atom stereocenters. The van der Waals surface area contributed by atoms with Gasteiger partial charge in [-0.3, -0.25) is 4.79 Å². The largest absolute Gasteiger partial charge is 0.394 e. The fraction of sp³-hybridized carbons (Fsp3) is 0.886. The molecular formula is C44H85NO4. The van der Waals surface area contributed by atoms with E-state index in [0.717, 1.165) is 38.5 Å². The van der Waals surface area contributed by atoms with Gasteiger partial charge < -0.3 is 20.6 Å². The van der Waals surface area contributed by atoms with E-state index in [1.807, 2.05) is 0 Å². The van der Waals surface area contributed by atoms with Crippen molar-refractivity contribution >= 4 is 5.91 Å². The van der Waals surface area contributed by atoms with Crippen LogP contribution in [-0.2, 0) is 4.79 Å². The lowest BCUT2D eigenvalue weighted by atomic mass is 10.0. The van der Waals surface area contributed by atoms with Gasteiger partial charge in [-0.15, -0.1) is 0 Å². The summed E-state index contributed by atoms with van der Waals surface area (Å²) in [5.74, 6) is -0.157. The van der Waals surface area contributed by atoms with Crippen LogP contribution in [0.1, 0.15) is 226 Å². The Bertz CT molecular complexity index is 724. The summed E-state index contributed by atoms with van der Waals surface area (Å²) in [5.41, 5.74) is 0. The summed E-state index contributed by atoms with van der Waals surface area (Å²) < 4.78 is 0. The zero-order valence-electron chi connectivity index (χ0n) is 32.8. The van der Waals surface area contributed by atoms with Crippen LogP contribution in [0.3, 0.4) is 0 Å². The van der Waals surface area contributed by atoms with Gasteiger partial charge in [0.25, 0.3) is 0 Å². The Balaban J connectivity index is 3.52. The highest BCUT2D eigenvalue weighted by atomic mass is 16.3.